The Morgan fingerprint density at radius 2 is 2.50 bits per heavy atom. The SMILES string of the molecule is CC1CN1CCC#N. The van der Waals surface area contributed by atoms with Gasteiger partial charge in [-0.3, -0.25) is 4.90 Å². The van der Waals surface area contributed by atoms with Gasteiger partial charge >= 0.3 is 0 Å². The Balaban J connectivity index is 1.99. The van der Waals surface area contributed by atoms with E-state index in [1.54, 1.807) is 0 Å². The molecule has 0 saturated carbocycles. The van der Waals surface area contributed by atoms with Crippen molar-refractivity contribution in [3.05, 3.63) is 0 Å². The van der Waals surface area contributed by atoms with Gasteiger partial charge in [-0.15, -0.1) is 0 Å². The van der Waals surface area contributed by atoms with Crippen molar-refractivity contribution in [3.63, 3.8) is 0 Å². The average Bonchev–Trinajstić information content (AvgIpc) is 2.42. The number of hydrogen-bond donors (Lipinski definition) is 0. The Morgan fingerprint density at radius 3 is 2.88 bits per heavy atom. The van der Waals surface area contributed by atoms with Crippen molar-refractivity contribution in [2.24, 2.45) is 0 Å². The Kier molecular flexibility index (Phi) is 1.50. The fraction of sp³-hybridized carbons (Fsp3) is 0.833. The van der Waals surface area contributed by atoms with E-state index >= 15 is 0 Å². The summed E-state index contributed by atoms with van der Waals surface area (Å²) in [5, 5.41) is 8.15. The molecule has 2 unspecified atom stereocenters. The second-order valence-electron chi connectivity index (χ2n) is 2.25. The van der Waals surface area contributed by atoms with Gasteiger partial charge in [0.05, 0.1) is 6.07 Å². The van der Waals surface area contributed by atoms with Crippen LogP contribution in [-0.2, 0) is 0 Å². The first-order chi connectivity index (χ1) is 3.84. The van der Waals surface area contributed by atoms with Crippen LogP contribution in [-0.4, -0.2) is 24.0 Å². The predicted octanol–water partition coefficient (Wildman–Crippen LogP) is 0.604. The summed E-state index contributed by atoms with van der Waals surface area (Å²) < 4.78 is 0. The van der Waals surface area contributed by atoms with E-state index in [4.69, 9.17) is 5.26 Å². The topological polar surface area (TPSA) is 26.8 Å². The van der Waals surface area contributed by atoms with Gasteiger partial charge in [0, 0.05) is 25.6 Å². The molecule has 0 aromatic rings. The molecule has 1 saturated heterocycles. The van der Waals surface area contributed by atoms with Crippen LogP contribution in [0, 0.1) is 11.3 Å². The third-order valence-electron chi connectivity index (χ3n) is 1.50. The van der Waals surface area contributed by atoms with Crippen molar-refractivity contribution in [1.82, 2.24) is 4.90 Å². The quantitative estimate of drug-likeness (QED) is 0.487. The van der Waals surface area contributed by atoms with Crippen molar-refractivity contribution >= 4 is 0 Å². The normalized spacial score (nSPS) is 34.0. The number of nitrogens with zero attached hydrogens (tertiary/aromatic N) is 2. The van der Waals surface area contributed by atoms with Gasteiger partial charge in [-0.05, 0) is 6.92 Å². The summed E-state index contributed by atoms with van der Waals surface area (Å²) in [6, 6.07) is 2.87. The second-order valence-corrected chi connectivity index (χ2v) is 2.25. The number of rotatable bonds is 2. The molecular formula is C6H10N2. The summed E-state index contributed by atoms with van der Waals surface area (Å²) in [5.74, 6) is 0. The van der Waals surface area contributed by atoms with E-state index in [0.29, 0.717) is 6.42 Å². The molecule has 1 aliphatic heterocycles. The highest BCUT2D eigenvalue weighted by molar-refractivity contribution is 4.86. The monoisotopic (exact) mass is 110 g/mol. The Bertz CT molecular complexity index is 114. The minimum absolute atomic E-state index is 0.685. The van der Waals surface area contributed by atoms with Gasteiger partial charge in [-0.25, -0.2) is 0 Å². The molecule has 2 atom stereocenters. The van der Waals surface area contributed by atoms with Crippen LogP contribution in [0.3, 0.4) is 0 Å². The number of nitriles is 1. The molecule has 1 heterocycles. The molecule has 0 aromatic carbocycles. The van der Waals surface area contributed by atoms with E-state index in [0.717, 1.165) is 12.6 Å². The van der Waals surface area contributed by atoms with Crippen LogP contribution < -0.4 is 0 Å². The van der Waals surface area contributed by atoms with Crippen LogP contribution in [0.15, 0.2) is 0 Å². The van der Waals surface area contributed by atoms with Crippen LogP contribution in [0.5, 0.6) is 0 Å². The van der Waals surface area contributed by atoms with Crippen LogP contribution in [0.1, 0.15) is 13.3 Å². The summed E-state index contributed by atoms with van der Waals surface area (Å²) in [6.07, 6.45) is 0.685. The van der Waals surface area contributed by atoms with E-state index in [2.05, 4.69) is 17.9 Å². The minimum Gasteiger partial charge on any atom is -0.297 e. The highest BCUT2D eigenvalue weighted by Gasteiger charge is 2.27. The molecule has 1 rings (SSSR count). The third kappa shape index (κ3) is 1.21. The van der Waals surface area contributed by atoms with Gasteiger partial charge in [0.15, 0.2) is 0 Å². The molecular weight excluding hydrogens is 100 g/mol. The zero-order valence-electron chi connectivity index (χ0n) is 5.09. The molecule has 8 heavy (non-hydrogen) atoms. The molecule has 0 N–H and O–H groups in total. The van der Waals surface area contributed by atoms with Gasteiger partial charge in [0.2, 0.25) is 0 Å². The Hall–Kier alpha value is -0.550. The fourth-order valence-electron chi connectivity index (χ4n) is 0.798. The first kappa shape index (κ1) is 5.58. The third-order valence-corrected chi connectivity index (χ3v) is 1.50. The summed E-state index contributed by atoms with van der Waals surface area (Å²) in [4.78, 5) is 2.28. The van der Waals surface area contributed by atoms with E-state index < -0.39 is 0 Å². The van der Waals surface area contributed by atoms with E-state index in [-0.39, 0.29) is 0 Å². The Morgan fingerprint density at radius 1 is 1.88 bits per heavy atom. The summed E-state index contributed by atoms with van der Waals surface area (Å²) >= 11 is 0. The molecule has 0 spiro atoms. The molecule has 0 radical (unpaired) electrons. The predicted molar refractivity (Wildman–Crippen MR) is 31.3 cm³/mol. The maximum atomic E-state index is 8.15. The van der Waals surface area contributed by atoms with E-state index in [1.807, 2.05) is 0 Å². The van der Waals surface area contributed by atoms with Crippen LogP contribution in [0.2, 0.25) is 0 Å². The molecule has 1 aliphatic rings. The highest BCUT2D eigenvalue weighted by Crippen LogP contribution is 2.14. The lowest BCUT2D eigenvalue weighted by molar-refractivity contribution is 0.529. The molecule has 0 aliphatic carbocycles. The van der Waals surface area contributed by atoms with Crippen LogP contribution in [0.25, 0.3) is 0 Å². The lowest BCUT2D eigenvalue weighted by atomic mass is 10.5. The van der Waals surface area contributed by atoms with E-state index in [9.17, 15) is 0 Å². The standard InChI is InChI=1S/C6H10N2/c1-6-5-8(6)4-2-3-7/h6H,2,4-5H2,1H3. The van der Waals surface area contributed by atoms with Gasteiger partial charge in [-0.1, -0.05) is 0 Å². The smallest absolute Gasteiger partial charge is 0.0635 e. The summed E-state index contributed by atoms with van der Waals surface area (Å²) in [6.45, 7) is 4.34. The largest absolute Gasteiger partial charge is 0.297 e. The highest BCUT2D eigenvalue weighted by atomic mass is 15.3. The van der Waals surface area contributed by atoms with Gasteiger partial charge in [0.1, 0.15) is 0 Å². The Labute approximate surface area is 49.7 Å². The van der Waals surface area contributed by atoms with Crippen molar-refractivity contribution in [2.75, 3.05) is 13.1 Å². The minimum atomic E-state index is 0.685. The van der Waals surface area contributed by atoms with Gasteiger partial charge in [-0.2, -0.15) is 5.26 Å². The van der Waals surface area contributed by atoms with Gasteiger partial charge < -0.3 is 0 Å². The zero-order chi connectivity index (χ0) is 5.98. The zero-order valence-corrected chi connectivity index (χ0v) is 5.09. The van der Waals surface area contributed by atoms with Gasteiger partial charge in [0.25, 0.3) is 0 Å². The van der Waals surface area contributed by atoms with Crippen molar-refractivity contribution in [3.8, 4) is 6.07 Å². The average molecular weight is 110 g/mol. The lowest BCUT2D eigenvalue weighted by Crippen LogP contribution is -1.99. The number of hydrogen-bond acceptors (Lipinski definition) is 2. The molecule has 2 nitrogen and oxygen atoms in total. The van der Waals surface area contributed by atoms with Crippen molar-refractivity contribution < 1.29 is 0 Å². The first-order valence-electron chi connectivity index (χ1n) is 2.95. The summed E-state index contributed by atoms with van der Waals surface area (Å²) in [5.41, 5.74) is 0. The lowest BCUT2D eigenvalue weighted by Gasteiger charge is -1.91. The van der Waals surface area contributed by atoms with Crippen molar-refractivity contribution in [2.45, 2.75) is 19.4 Å². The summed E-state index contributed by atoms with van der Waals surface area (Å²) in [7, 11) is 0. The fourth-order valence-corrected chi connectivity index (χ4v) is 0.798. The maximum absolute atomic E-state index is 8.15. The molecule has 0 amide bonds. The molecule has 0 aromatic heterocycles. The second kappa shape index (κ2) is 2.15. The first-order valence-corrected chi connectivity index (χ1v) is 2.95. The van der Waals surface area contributed by atoms with Crippen LogP contribution >= 0.6 is 0 Å². The molecule has 2 heteroatoms. The van der Waals surface area contributed by atoms with Crippen molar-refractivity contribution in [1.29, 1.82) is 5.26 Å². The van der Waals surface area contributed by atoms with E-state index in [1.165, 1.54) is 6.54 Å². The maximum Gasteiger partial charge on any atom is 0.0635 e. The molecule has 0 bridgehead atoms. The molecule has 1 fully saturated rings. The van der Waals surface area contributed by atoms with Crippen LogP contribution in [0.4, 0.5) is 0 Å². The molecule has 44 valence electrons.